The molecule has 0 aromatic heterocycles. The lowest BCUT2D eigenvalue weighted by Gasteiger charge is -2.30. The number of carbonyl (C=O) groups excluding carboxylic acids is 1. The molecule has 2 aromatic rings. The molecule has 0 N–H and O–H groups in total. The molecule has 0 radical (unpaired) electrons. The predicted octanol–water partition coefficient (Wildman–Crippen LogP) is 4.21. The predicted molar refractivity (Wildman–Crippen MR) is 105 cm³/mol. The minimum atomic E-state index is -2.86. The van der Waals surface area contributed by atoms with Crippen LogP contribution < -0.4 is 14.2 Å². The van der Waals surface area contributed by atoms with Crippen molar-refractivity contribution in [2.75, 3.05) is 19.8 Å². The number of nitrogens with zero attached hydrogens (tertiary/aromatic N) is 1. The van der Waals surface area contributed by atoms with E-state index < -0.39 is 6.61 Å². The third-order valence-corrected chi connectivity index (χ3v) is 4.73. The number of amides is 1. The number of benzene rings is 2. The van der Waals surface area contributed by atoms with Crippen LogP contribution in [0.3, 0.4) is 0 Å². The molecule has 156 valence electrons. The molecule has 1 heterocycles. The first kappa shape index (κ1) is 20.9. The van der Waals surface area contributed by atoms with Gasteiger partial charge in [0.05, 0.1) is 19.6 Å². The highest BCUT2D eigenvalue weighted by Gasteiger charge is 2.23. The molecule has 3 rings (SSSR count). The van der Waals surface area contributed by atoms with Crippen molar-refractivity contribution in [3.8, 4) is 17.2 Å². The summed E-state index contributed by atoms with van der Waals surface area (Å²) in [6, 6.07) is 10.1. The monoisotopic (exact) mass is 405 g/mol. The average Bonchev–Trinajstić information content (AvgIpc) is 2.69. The van der Waals surface area contributed by atoms with Gasteiger partial charge in [-0.25, -0.2) is 0 Å². The Labute approximate surface area is 169 Å². The SMILES string of the molecule is CCOc1cc2c(cc1OCC)CN(C(=O)Cc1ccc(OC(F)F)cc1)CC2. The summed E-state index contributed by atoms with van der Waals surface area (Å²) in [6.07, 6.45) is 0.953. The molecule has 0 bridgehead atoms. The number of rotatable bonds is 8. The van der Waals surface area contributed by atoms with Crippen molar-refractivity contribution in [2.45, 2.75) is 39.8 Å². The van der Waals surface area contributed by atoms with Gasteiger partial charge >= 0.3 is 6.61 Å². The van der Waals surface area contributed by atoms with Crippen LogP contribution in [0.2, 0.25) is 0 Å². The normalized spacial score (nSPS) is 13.2. The summed E-state index contributed by atoms with van der Waals surface area (Å²) in [5.74, 6) is 1.50. The van der Waals surface area contributed by atoms with E-state index >= 15 is 0 Å². The average molecular weight is 405 g/mol. The molecule has 0 fully saturated rings. The number of fused-ring (bicyclic) bond motifs is 1. The van der Waals surface area contributed by atoms with Crippen LogP contribution in [0.4, 0.5) is 8.78 Å². The molecule has 0 atom stereocenters. The number of carbonyl (C=O) groups is 1. The second-order valence-electron chi connectivity index (χ2n) is 6.70. The summed E-state index contributed by atoms with van der Waals surface area (Å²) in [7, 11) is 0. The summed E-state index contributed by atoms with van der Waals surface area (Å²) >= 11 is 0. The molecule has 5 nitrogen and oxygen atoms in total. The fourth-order valence-corrected chi connectivity index (χ4v) is 3.39. The summed E-state index contributed by atoms with van der Waals surface area (Å²) in [5.41, 5.74) is 2.97. The lowest BCUT2D eigenvalue weighted by molar-refractivity contribution is -0.131. The molecule has 2 aromatic carbocycles. The van der Waals surface area contributed by atoms with Gasteiger partial charge in [0.1, 0.15) is 5.75 Å². The lowest BCUT2D eigenvalue weighted by Crippen LogP contribution is -2.37. The van der Waals surface area contributed by atoms with Crippen LogP contribution in [0.1, 0.15) is 30.5 Å². The second-order valence-corrected chi connectivity index (χ2v) is 6.70. The van der Waals surface area contributed by atoms with E-state index in [4.69, 9.17) is 9.47 Å². The van der Waals surface area contributed by atoms with E-state index in [0.29, 0.717) is 32.1 Å². The van der Waals surface area contributed by atoms with Crippen LogP contribution in [0, 0.1) is 0 Å². The van der Waals surface area contributed by atoms with Crippen molar-refractivity contribution in [1.82, 2.24) is 4.90 Å². The van der Waals surface area contributed by atoms with Crippen LogP contribution in [0.5, 0.6) is 17.2 Å². The van der Waals surface area contributed by atoms with Gasteiger partial charge in [-0.05, 0) is 61.2 Å². The highest BCUT2D eigenvalue weighted by atomic mass is 19.3. The minimum absolute atomic E-state index is 0.00924. The van der Waals surface area contributed by atoms with Gasteiger partial charge in [-0.15, -0.1) is 0 Å². The number of hydrogen-bond donors (Lipinski definition) is 0. The van der Waals surface area contributed by atoms with Gasteiger partial charge in [0, 0.05) is 13.1 Å². The summed E-state index contributed by atoms with van der Waals surface area (Å²) in [6.45, 7) is 3.22. The molecule has 29 heavy (non-hydrogen) atoms. The summed E-state index contributed by atoms with van der Waals surface area (Å²) in [4.78, 5) is 14.5. The Morgan fingerprint density at radius 3 is 2.24 bits per heavy atom. The first-order chi connectivity index (χ1) is 14.0. The minimum Gasteiger partial charge on any atom is -0.490 e. The van der Waals surface area contributed by atoms with Gasteiger partial charge in [0.15, 0.2) is 11.5 Å². The Kier molecular flexibility index (Phi) is 6.90. The largest absolute Gasteiger partial charge is 0.490 e. The molecule has 1 aliphatic heterocycles. The van der Waals surface area contributed by atoms with Gasteiger partial charge in [-0.2, -0.15) is 8.78 Å². The smallest absolute Gasteiger partial charge is 0.387 e. The molecule has 0 spiro atoms. The van der Waals surface area contributed by atoms with E-state index in [1.165, 1.54) is 12.1 Å². The Morgan fingerprint density at radius 1 is 1.03 bits per heavy atom. The highest BCUT2D eigenvalue weighted by Crippen LogP contribution is 2.34. The first-order valence-electron chi connectivity index (χ1n) is 9.73. The lowest BCUT2D eigenvalue weighted by atomic mass is 9.98. The molecule has 0 saturated carbocycles. The van der Waals surface area contributed by atoms with E-state index in [1.807, 2.05) is 30.9 Å². The number of ether oxygens (including phenoxy) is 3. The Balaban J connectivity index is 1.68. The quantitative estimate of drug-likeness (QED) is 0.660. The maximum absolute atomic E-state index is 12.7. The number of hydrogen-bond acceptors (Lipinski definition) is 4. The molecule has 7 heteroatoms. The van der Waals surface area contributed by atoms with Crippen LogP contribution in [-0.4, -0.2) is 37.2 Å². The molecule has 0 unspecified atom stereocenters. The maximum atomic E-state index is 12.7. The zero-order valence-electron chi connectivity index (χ0n) is 16.6. The van der Waals surface area contributed by atoms with Gasteiger partial charge in [-0.3, -0.25) is 4.79 Å². The number of alkyl halides is 2. The third-order valence-electron chi connectivity index (χ3n) is 4.73. The van der Waals surface area contributed by atoms with Gasteiger partial charge < -0.3 is 19.1 Å². The van der Waals surface area contributed by atoms with Crippen molar-refractivity contribution in [1.29, 1.82) is 0 Å². The van der Waals surface area contributed by atoms with E-state index in [2.05, 4.69) is 4.74 Å². The molecular weight excluding hydrogens is 380 g/mol. The van der Waals surface area contributed by atoms with Crippen LogP contribution in [0.25, 0.3) is 0 Å². The summed E-state index contributed by atoms with van der Waals surface area (Å²) in [5, 5.41) is 0. The van der Waals surface area contributed by atoms with Crippen molar-refractivity contribution >= 4 is 5.91 Å². The molecule has 0 saturated heterocycles. The molecule has 0 aliphatic carbocycles. The standard InChI is InChI=1S/C22H25F2NO4/c1-3-27-19-12-16-9-10-25(14-17(16)13-20(19)28-4-2)21(26)11-15-5-7-18(8-6-15)29-22(23)24/h5-8,12-13,22H,3-4,9-11,14H2,1-2H3. The van der Waals surface area contributed by atoms with Crippen LogP contribution >= 0.6 is 0 Å². The van der Waals surface area contributed by atoms with Crippen LogP contribution in [0.15, 0.2) is 36.4 Å². The molecular formula is C22H25F2NO4. The van der Waals surface area contributed by atoms with Crippen molar-refractivity contribution in [3.05, 3.63) is 53.1 Å². The zero-order valence-corrected chi connectivity index (χ0v) is 16.6. The highest BCUT2D eigenvalue weighted by molar-refractivity contribution is 5.79. The maximum Gasteiger partial charge on any atom is 0.387 e. The van der Waals surface area contributed by atoms with Crippen molar-refractivity contribution in [2.24, 2.45) is 0 Å². The first-order valence-corrected chi connectivity index (χ1v) is 9.73. The third kappa shape index (κ3) is 5.37. The molecule has 1 aliphatic rings. The number of halogens is 2. The Morgan fingerprint density at radius 2 is 1.66 bits per heavy atom. The van der Waals surface area contributed by atoms with E-state index in [0.717, 1.165) is 28.9 Å². The zero-order chi connectivity index (χ0) is 20.8. The van der Waals surface area contributed by atoms with Crippen LogP contribution in [-0.2, 0) is 24.2 Å². The Bertz CT molecular complexity index is 839. The topological polar surface area (TPSA) is 48.0 Å². The van der Waals surface area contributed by atoms with Crippen molar-refractivity contribution < 1.29 is 27.8 Å². The second kappa shape index (κ2) is 9.58. The van der Waals surface area contributed by atoms with E-state index in [1.54, 1.807) is 12.1 Å². The fourth-order valence-electron chi connectivity index (χ4n) is 3.39. The molecule has 1 amide bonds. The van der Waals surface area contributed by atoms with Gasteiger partial charge in [0.25, 0.3) is 0 Å². The van der Waals surface area contributed by atoms with E-state index in [-0.39, 0.29) is 18.1 Å². The summed E-state index contributed by atoms with van der Waals surface area (Å²) < 4.78 is 40.2. The Hall–Kier alpha value is -2.83. The van der Waals surface area contributed by atoms with Gasteiger partial charge in [0.2, 0.25) is 5.91 Å². The van der Waals surface area contributed by atoms with E-state index in [9.17, 15) is 13.6 Å². The van der Waals surface area contributed by atoms with Crippen molar-refractivity contribution in [3.63, 3.8) is 0 Å². The fraction of sp³-hybridized carbons (Fsp3) is 0.409. The van der Waals surface area contributed by atoms with Gasteiger partial charge in [-0.1, -0.05) is 12.1 Å².